The fraction of sp³-hybridized carbons (Fsp3) is 1.00. The second-order valence-electron chi connectivity index (χ2n) is 13.1. The molecule has 364 valence electrons. The van der Waals surface area contributed by atoms with E-state index in [2.05, 4.69) is 74.6 Å². The van der Waals surface area contributed by atoms with Crippen LogP contribution in [0.2, 0.25) is 0 Å². The molecule has 4 atom stereocenters. The van der Waals surface area contributed by atoms with Crippen LogP contribution >= 0.6 is 31.3 Å². The Hall–Kier alpha value is 0.794. The molecule has 0 aliphatic heterocycles. The van der Waals surface area contributed by atoms with Gasteiger partial charge in [0.2, 0.25) is 0 Å². The van der Waals surface area contributed by atoms with Crippen molar-refractivity contribution < 1.29 is 119 Å². The Morgan fingerprint density at radius 3 is 0.667 bits per heavy atom. The molecule has 0 aromatic carbocycles. The molecule has 0 rings (SSSR count). The molecule has 4 unspecified atom stereocenters. The molecule has 0 fully saturated rings. The van der Waals surface area contributed by atoms with Crippen molar-refractivity contribution in [3.63, 3.8) is 0 Å². The van der Waals surface area contributed by atoms with Gasteiger partial charge in [-0.1, -0.05) is 156 Å². The molecule has 0 spiro atoms. The average molecular weight is 995 g/mol. The van der Waals surface area contributed by atoms with Crippen LogP contribution in [0.5, 0.6) is 0 Å². The Morgan fingerprint density at radius 2 is 0.500 bits per heavy atom. The summed E-state index contributed by atoms with van der Waals surface area (Å²) in [7, 11) is -19.6. The first-order valence-corrected chi connectivity index (χ1v) is 27.6. The topological polar surface area (TPSA) is 299 Å². The van der Waals surface area contributed by atoms with Gasteiger partial charge in [0, 0.05) is 0 Å². The fourth-order valence-corrected chi connectivity index (χ4v) is 7.85. The van der Waals surface area contributed by atoms with E-state index in [1.165, 1.54) is 25.7 Å². The van der Waals surface area contributed by atoms with E-state index in [1.807, 2.05) is 0 Å². The van der Waals surface area contributed by atoms with Crippen molar-refractivity contribution in [3.8, 4) is 0 Å². The van der Waals surface area contributed by atoms with Crippen LogP contribution < -0.4 is 0 Å². The number of phosphoric acid groups is 4. The summed E-state index contributed by atoms with van der Waals surface area (Å²) < 4.78 is 79.4. The van der Waals surface area contributed by atoms with Crippen molar-refractivity contribution in [2.24, 2.45) is 0 Å². The minimum atomic E-state index is -4.89. The van der Waals surface area contributed by atoms with Crippen LogP contribution in [0, 0.1) is 0 Å². The molecule has 26 heteroatoms. The number of hydrogen-bond donors (Lipinski definition) is 6. The van der Waals surface area contributed by atoms with Gasteiger partial charge in [-0.05, 0) is 25.7 Å². The van der Waals surface area contributed by atoms with Gasteiger partial charge < -0.3 is 29.8 Å². The summed E-state index contributed by atoms with van der Waals surface area (Å²) in [5.74, 6) is 0. The zero-order valence-electron chi connectivity index (χ0n) is 36.3. The molecule has 0 amide bonds. The summed E-state index contributed by atoms with van der Waals surface area (Å²) in [5.41, 5.74) is 0. The molecular formula is C34H78O21P4Ti. The van der Waals surface area contributed by atoms with Gasteiger partial charge in [0.05, 0.1) is 39.6 Å². The third kappa shape index (κ3) is 58.8. The Kier molecular flexibility index (Phi) is 55.3. The van der Waals surface area contributed by atoms with Crippen LogP contribution in [0.15, 0.2) is 0 Å². The van der Waals surface area contributed by atoms with E-state index in [9.17, 15) is 37.8 Å². The molecular weight excluding hydrogens is 916 g/mol. The summed E-state index contributed by atoms with van der Waals surface area (Å²) in [5, 5.41) is 15.2. The second-order valence-corrected chi connectivity index (χ2v) is 18.8. The maximum absolute atomic E-state index is 11.6. The van der Waals surface area contributed by atoms with E-state index in [0.29, 0.717) is 25.7 Å². The Morgan fingerprint density at radius 1 is 0.333 bits per heavy atom. The van der Waals surface area contributed by atoms with Gasteiger partial charge in [-0.25, -0.2) is 37.8 Å². The van der Waals surface area contributed by atoms with Crippen LogP contribution in [0.25, 0.3) is 0 Å². The van der Waals surface area contributed by atoms with E-state index < -0.39 is 31.3 Å². The second kappa shape index (κ2) is 49.2. The zero-order chi connectivity index (χ0) is 46.3. The molecule has 0 radical (unpaired) electrons. The quantitative estimate of drug-likeness (QED) is 0.0109. The molecule has 6 N–H and O–H groups in total. The number of rotatable bonds is 41. The van der Waals surface area contributed by atoms with Crippen molar-refractivity contribution in [3.05, 3.63) is 0 Å². The maximum atomic E-state index is 11.6. The molecule has 0 saturated heterocycles. The molecule has 0 saturated carbocycles. The molecule has 21 nitrogen and oxygen atoms in total. The Bertz CT molecular complexity index is 928. The van der Waals surface area contributed by atoms with Crippen molar-refractivity contribution in [2.45, 2.75) is 182 Å². The zero-order valence-corrected chi connectivity index (χ0v) is 41.4. The summed E-state index contributed by atoms with van der Waals surface area (Å²) in [6, 6.07) is 0. The predicted octanol–water partition coefficient (Wildman–Crippen LogP) is 10.5. The standard InChI is InChI=1S/2C16H36O9P2.C2H6O2.O.Ti/c2*1-3-5-7-9-11-13-15-21-23-26(17,18)25-27(19,20)24-22-16-14-12-10-8-6-4-2;3-1-2-4;;/h2*3-16H2,1-2H3,(H,17,18)(H,19,20);3-4H,1-2H2;;. The van der Waals surface area contributed by atoms with Gasteiger partial charge in [0.1, 0.15) is 0 Å². The van der Waals surface area contributed by atoms with E-state index in [-0.39, 0.29) is 39.6 Å². The van der Waals surface area contributed by atoms with E-state index in [1.54, 1.807) is 0 Å². The predicted molar refractivity (Wildman–Crippen MR) is 218 cm³/mol. The normalized spacial score (nSPS) is 15.1. The minimum absolute atomic E-state index is 0.0746. The summed E-state index contributed by atoms with van der Waals surface area (Å²) >= 11 is 0.750. The van der Waals surface area contributed by atoms with Gasteiger partial charge in [0.25, 0.3) is 0 Å². The molecule has 0 aliphatic carbocycles. The molecule has 0 aliphatic rings. The van der Waals surface area contributed by atoms with E-state index in [0.717, 1.165) is 123 Å². The fourth-order valence-electron chi connectivity index (χ4n) is 4.50. The van der Waals surface area contributed by atoms with Crippen molar-refractivity contribution >= 4 is 31.3 Å². The van der Waals surface area contributed by atoms with Gasteiger partial charge >= 0.3 is 55.0 Å². The Labute approximate surface area is 370 Å². The van der Waals surface area contributed by atoms with E-state index >= 15 is 0 Å². The van der Waals surface area contributed by atoms with Crippen LogP contribution in [0.4, 0.5) is 0 Å². The van der Waals surface area contributed by atoms with Crippen LogP contribution in [-0.4, -0.2) is 69.4 Å². The summed E-state index contributed by atoms with van der Waals surface area (Å²) in [6.45, 7) is 8.54. The van der Waals surface area contributed by atoms with Gasteiger partial charge in [-0.2, -0.15) is 8.62 Å². The van der Waals surface area contributed by atoms with Crippen molar-refractivity contribution in [1.29, 1.82) is 0 Å². The monoisotopic (exact) mass is 994 g/mol. The Balaban J connectivity index is -0.000000461. The third-order valence-corrected chi connectivity index (χ3v) is 11.9. The summed E-state index contributed by atoms with van der Waals surface area (Å²) in [4.78, 5) is 55.8. The van der Waals surface area contributed by atoms with E-state index in [4.69, 9.17) is 13.5 Å². The summed E-state index contributed by atoms with van der Waals surface area (Å²) in [6.07, 6.45) is 24.1. The average Bonchev–Trinajstić information content (AvgIpc) is 3.19. The van der Waals surface area contributed by atoms with Crippen molar-refractivity contribution in [1.82, 2.24) is 0 Å². The molecule has 0 aromatic heterocycles. The molecule has 0 bridgehead atoms. The first-order valence-electron chi connectivity index (χ1n) is 21.0. The molecule has 0 heterocycles. The SMILES string of the molecule is CCCCCCCCOOP(=O)(O)OP(=O)(O)OOCCCCCCCC.CCCCCCCCOOP(=O)(O)OP(=O)(O)OOCCCCCCCC.OCCO.[O]=[Ti]. The number of hydrogen-bond acceptors (Lipinski definition) is 17. The number of unbranched alkanes of at least 4 members (excludes halogenated alkanes) is 20. The molecule has 60 heavy (non-hydrogen) atoms. The first kappa shape index (κ1) is 67.4. The third-order valence-electron chi connectivity index (χ3n) is 7.43. The van der Waals surface area contributed by atoms with Crippen LogP contribution in [0.3, 0.4) is 0 Å². The van der Waals surface area contributed by atoms with Crippen LogP contribution in [-0.2, 0) is 88.9 Å². The number of aliphatic hydroxyl groups is 2. The van der Waals surface area contributed by atoms with Crippen molar-refractivity contribution in [2.75, 3.05) is 39.6 Å². The number of aliphatic hydroxyl groups excluding tert-OH is 2. The van der Waals surface area contributed by atoms with Gasteiger partial charge in [-0.3, -0.25) is 0 Å². The van der Waals surface area contributed by atoms with Gasteiger partial charge in [0.15, 0.2) is 0 Å². The van der Waals surface area contributed by atoms with Gasteiger partial charge in [-0.15, -0.1) is 18.7 Å². The van der Waals surface area contributed by atoms with Crippen LogP contribution in [0.1, 0.15) is 182 Å². The first-order chi connectivity index (χ1) is 28.6. The molecule has 0 aromatic rings.